The molecule has 1 atom stereocenters. The van der Waals surface area contributed by atoms with Crippen LogP contribution in [0.5, 0.6) is 0 Å². The Balaban J connectivity index is 2.45. The third kappa shape index (κ3) is 2.44. The molecule has 2 amide bonds. The molecule has 1 aromatic carbocycles. The van der Waals surface area contributed by atoms with Crippen molar-refractivity contribution in [1.82, 2.24) is 5.06 Å². The molecule has 102 valence electrons. The number of hydroxylamine groups is 2. The first-order chi connectivity index (χ1) is 8.71. The largest absolute Gasteiger partial charge is 0.325 e. The molecule has 1 heterocycles. The van der Waals surface area contributed by atoms with Crippen molar-refractivity contribution in [3.05, 3.63) is 34.9 Å². The lowest BCUT2D eigenvalue weighted by molar-refractivity contribution is -0.0112. The Morgan fingerprint density at radius 3 is 2.26 bits per heavy atom. The van der Waals surface area contributed by atoms with Gasteiger partial charge in [-0.2, -0.15) is 4.21 Å². The molecule has 1 aliphatic rings. The second-order valence-electron chi connectivity index (χ2n) is 5.21. The van der Waals surface area contributed by atoms with E-state index in [0.29, 0.717) is 5.06 Å². The summed E-state index contributed by atoms with van der Waals surface area (Å²) in [6.07, 6.45) is 0. The lowest BCUT2D eigenvalue weighted by atomic mass is 9.85. The summed E-state index contributed by atoms with van der Waals surface area (Å²) in [6, 6.07) is 4.89. The van der Waals surface area contributed by atoms with Crippen molar-refractivity contribution in [3.63, 3.8) is 0 Å². The van der Waals surface area contributed by atoms with Crippen LogP contribution in [-0.4, -0.2) is 25.6 Å². The topological polar surface area (TPSA) is 83.9 Å². The van der Waals surface area contributed by atoms with Gasteiger partial charge in [0, 0.05) is 0 Å². The second-order valence-corrected chi connectivity index (χ2v) is 5.79. The fraction of sp³-hybridized carbons (Fsp3) is 0.333. The molecule has 7 heteroatoms. The van der Waals surface area contributed by atoms with E-state index >= 15 is 0 Å². The standard InChI is InChI=1S/C12H13NO5S/c1-12(2,3)7-4-5-8-9(6-7)11(15)13(10(8)14)18-19(16)17/h4-6H,1-3H3,(H,16,17). The molecule has 6 nitrogen and oxygen atoms in total. The summed E-state index contributed by atoms with van der Waals surface area (Å²) in [5, 5.41) is 0.313. The van der Waals surface area contributed by atoms with Gasteiger partial charge in [-0.1, -0.05) is 26.8 Å². The van der Waals surface area contributed by atoms with Gasteiger partial charge < -0.3 is 0 Å². The first-order valence-corrected chi connectivity index (χ1v) is 6.57. The zero-order chi connectivity index (χ0) is 14.4. The van der Waals surface area contributed by atoms with E-state index in [4.69, 9.17) is 4.55 Å². The summed E-state index contributed by atoms with van der Waals surface area (Å²) in [5.41, 5.74) is 1.07. The Morgan fingerprint density at radius 1 is 1.16 bits per heavy atom. The molecule has 0 bridgehead atoms. The van der Waals surface area contributed by atoms with Gasteiger partial charge in [0.05, 0.1) is 11.1 Å². The summed E-state index contributed by atoms with van der Waals surface area (Å²) in [7, 11) is 0. The fourth-order valence-corrected chi connectivity index (χ4v) is 2.08. The van der Waals surface area contributed by atoms with E-state index in [1.54, 1.807) is 12.1 Å². The molecular weight excluding hydrogens is 270 g/mol. The predicted octanol–water partition coefficient (Wildman–Crippen LogP) is 1.65. The Labute approximate surface area is 112 Å². The van der Waals surface area contributed by atoms with E-state index in [9.17, 15) is 13.8 Å². The third-order valence-corrected chi connectivity index (χ3v) is 3.13. The molecule has 1 aromatic rings. The highest BCUT2D eigenvalue weighted by Gasteiger charge is 2.39. The maximum absolute atomic E-state index is 12.0. The van der Waals surface area contributed by atoms with Crippen LogP contribution in [-0.2, 0) is 21.1 Å². The molecule has 0 saturated carbocycles. The maximum atomic E-state index is 12.0. The number of amides is 2. The Hall–Kier alpha value is -1.57. The van der Waals surface area contributed by atoms with Gasteiger partial charge in [-0.25, -0.2) is 0 Å². The number of benzene rings is 1. The van der Waals surface area contributed by atoms with Crippen molar-refractivity contribution in [1.29, 1.82) is 0 Å². The minimum atomic E-state index is -2.72. The van der Waals surface area contributed by atoms with Crippen molar-refractivity contribution in [2.75, 3.05) is 0 Å². The van der Waals surface area contributed by atoms with Gasteiger partial charge in [0.25, 0.3) is 11.8 Å². The van der Waals surface area contributed by atoms with E-state index in [-0.39, 0.29) is 16.5 Å². The van der Waals surface area contributed by atoms with E-state index in [2.05, 4.69) is 4.28 Å². The van der Waals surface area contributed by atoms with Gasteiger partial charge in [0.15, 0.2) is 0 Å². The van der Waals surface area contributed by atoms with Gasteiger partial charge in [0.1, 0.15) is 0 Å². The quantitative estimate of drug-likeness (QED) is 0.659. The third-order valence-electron chi connectivity index (χ3n) is 2.85. The van der Waals surface area contributed by atoms with Crippen molar-refractivity contribution >= 4 is 23.2 Å². The molecule has 0 aromatic heterocycles. The summed E-state index contributed by atoms with van der Waals surface area (Å²) < 4.78 is 23.5. The lowest BCUT2D eigenvalue weighted by Crippen LogP contribution is -2.30. The molecule has 1 unspecified atom stereocenters. The number of hydrogen-bond donors (Lipinski definition) is 1. The molecule has 19 heavy (non-hydrogen) atoms. The Bertz CT molecular complexity index is 590. The van der Waals surface area contributed by atoms with Crippen LogP contribution in [0.25, 0.3) is 0 Å². The first kappa shape index (κ1) is 13.9. The average Bonchev–Trinajstić information content (AvgIpc) is 2.53. The van der Waals surface area contributed by atoms with Crippen LogP contribution >= 0.6 is 0 Å². The van der Waals surface area contributed by atoms with E-state index in [1.807, 2.05) is 20.8 Å². The second kappa shape index (κ2) is 4.52. The summed E-state index contributed by atoms with van der Waals surface area (Å²) in [5.74, 6) is -1.46. The number of rotatable bonds is 2. The molecule has 0 spiro atoms. The molecule has 0 aliphatic carbocycles. The van der Waals surface area contributed by atoms with Crippen LogP contribution < -0.4 is 0 Å². The Kier molecular flexibility index (Phi) is 3.29. The number of fused-ring (bicyclic) bond motifs is 1. The molecule has 0 radical (unpaired) electrons. The van der Waals surface area contributed by atoms with E-state index in [0.717, 1.165) is 5.56 Å². The minimum Gasteiger partial charge on any atom is -0.282 e. The lowest BCUT2D eigenvalue weighted by Gasteiger charge is -2.19. The number of carbonyl (C=O) groups excluding carboxylic acids is 2. The van der Waals surface area contributed by atoms with Crippen LogP contribution in [0, 0.1) is 0 Å². The fourth-order valence-electron chi connectivity index (χ4n) is 1.82. The number of carbonyl (C=O) groups is 2. The average molecular weight is 283 g/mol. The summed E-state index contributed by atoms with van der Waals surface area (Å²) in [4.78, 5) is 23.8. The Morgan fingerprint density at radius 2 is 1.74 bits per heavy atom. The summed E-state index contributed by atoms with van der Waals surface area (Å²) in [6.45, 7) is 5.94. The summed E-state index contributed by atoms with van der Waals surface area (Å²) >= 11 is -2.72. The van der Waals surface area contributed by atoms with Gasteiger partial charge in [-0.3, -0.25) is 14.1 Å². The van der Waals surface area contributed by atoms with Gasteiger partial charge in [-0.05, 0) is 23.1 Å². The van der Waals surface area contributed by atoms with Gasteiger partial charge >= 0.3 is 11.4 Å². The predicted molar refractivity (Wildman–Crippen MR) is 67.5 cm³/mol. The van der Waals surface area contributed by atoms with E-state index < -0.39 is 23.2 Å². The molecule has 1 aliphatic heterocycles. The van der Waals surface area contributed by atoms with Crippen molar-refractivity contribution in [2.45, 2.75) is 26.2 Å². The molecule has 1 N–H and O–H groups in total. The highest BCUT2D eigenvalue weighted by atomic mass is 32.2. The number of hydrogen-bond acceptors (Lipinski definition) is 4. The molecule has 2 rings (SSSR count). The molecule has 0 saturated heterocycles. The van der Waals surface area contributed by atoms with Crippen LogP contribution in [0.4, 0.5) is 0 Å². The molecule has 0 fully saturated rings. The van der Waals surface area contributed by atoms with Crippen LogP contribution in [0.2, 0.25) is 0 Å². The van der Waals surface area contributed by atoms with Gasteiger partial charge in [-0.15, -0.1) is 9.35 Å². The van der Waals surface area contributed by atoms with Crippen LogP contribution in [0.1, 0.15) is 47.1 Å². The zero-order valence-corrected chi connectivity index (χ0v) is 11.5. The highest BCUT2D eigenvalue weighted by molar-refractivity contribution is 7.74. The number of imide groups is 1. The van der Waals surface area contributed by atoms with Crippen LogP contribution in [0.3, 0.4) is 0 Å². The van der Waals surface area contributed by atoms with Crippen molar-refractivity contribution < 1.29 is 22.6 Å². The maximum Gasteiger partial charge on any atom is 0.325 e. The normalized spacial score (nSPS) is 16.7. The highest BCUT2D eigenvalue weighted by Crippen LogP contribution is 2.29. The van der Waals surface area contributed by atoms with E-state index in [1.165, 1.54) is 6.07 Å². The van der Waals surface area contributed by atoms with Gasteiger partial charge in [0.2, 0.25) is 0 Å². The molecular formula is C12H13NO5S. The minimum absolute atomic E-state index is 0.170. The zero-order valence-electron chi connectivity index (χ0n) is 10.7. The first-order valence-electron chi connectivity index (χ1n) is 5.54. The number of nitrogens with zero attached hydrogens (tertiary/aromatic N) is 1. The van der Waals surface area contributed by atoms with Crippen molar-refractivity contribution in [3.8, 4) is 0 Å². The SMILES string of the molecule is CC(C)(C)c1ccc2c(c1)C(=O)N(OS(=O)O)C2=O. The van der Waals surface area contributed by atoms with Crippen molar-refractivity contribution in [2.24, 2.45) is 0 Å². The smallest absolute Gasteiger partial charge is 0.282 e. The monoisotopic (exact) mass is 283 g/mol. The van der Waals surface area contributed by atoms with Crippen LogP contribution in [0.15, 0.2) is 18.2 Å².